The standard InChI is InChI=1S/C18H13ClF2N4O/c1-10-12(19)3-2-4-14(10)24-17-8-16(22-9-23-17)18(26)25-15-6-5-11(20)7-13(15)21/h2-9H,1H3,(H,25,26)(H,22,23,24). The highest BCUT2D eigenvalue weighted by atomic mass is 35.5. The molecule has 1 aromatic heterocycles. The van der Waals surface area contributed by atoms with Gasteiger partial charge in [0.2, 0.25) is 0 Å². The highest BCUT2D eigenvalue weighted by Gasteiger charge is 2.13. The molecule has 1 heterocycles. The molecule has 0 aliphatic rings. The Labute approximate surface area is 153 Å². The number of nitrogens with zero attached hydrogens (tertiary/aromatic N) is 2. The summed E-state index contributed by atoms with van der Waals surface area (Å²) in [5, 5.41) is 5.99. The zero-order valence-electron chi connectivity index (χ0n) is 13.6. The molecule has 0 atom stereocenters. The fourth-order valence-electron chi connectivity index (χ4n) is 2.21. The highest BCUT2D eigenvalue weighted by molar-refractivity contribution is 6.31. The van der Waals surface area contributed by atoms with Gasteiger partial charge in [-0.3, -0.25) is 4.79 Å². The quantitative estimate of drug-likeness (QED) is 0.694. The Balaban J connectivity index is 1.80. The van der Waals surface area contributed by atoms with Crippen LogP contribution in [0.5, 0.6) is 0 Å². The predicted molar refractivity (Wildman–Crippen MR) is 95.8 cm³/mol. The summed E-state index contributed by atoms with van der Waals surface area (Å²) in [7, 11) is 0. The van der Waals surface area contributed by atoms with Crippen LogP contribution in [0.2, 0.25) is 5.02 Å². The van der Waals surface area contributed by atoms with Crippen LogP contribution in [-0.4, -0.2) is 15.9 Å². The smallest absolute Gasteiger partial charge is 0.274 e. The molecule has 0 radical (unpaired) electrons. The van der Waals surface area contributed by atoms with Crippen LogP contribution in [0.3, 0.4) is 0 Å². The number of nitrogens with one attached hydrogen (secondary N) is 2. The van der Waals surface area contributed by atoms with E-state index < -0.39 is 17.5 Å². The Morgan fingerprint density at radius 3 is 2.65 bits per heavy atom. The lowest BCUT2D eigenvalue weighted by atomic mass is 10.2. The Kier molecular flexibility index (Phi) is 5.09. The van der Waals surface area contributed by atoms with Gasteiger partial charge in [-0.15, -0.1) is 0 Å². The Morgan fingerprint density at radius 2 is 1.88 bits per heavy atom. The van der Waals surface area contributed by atoms with Gasteiger partial charge in [0.1, 0.15) is 29.5 Å². The third kappa shape index (κ3) is 3.94. The van der Waals surface area contributed by atoms with Gasteiger partial charge in [-0.05, 0) is 36.8 Å². The lowest BCUT2D eigenvalue weighted by Crippen LogP contribution is -2.15. The molecule has 0 unspecified atom stereocenters. The molecule has 5 nitrogen and oxygen atoms in total. The largest absolute Gasteiger partial charge is 0.340 e. The minimum absolute atomic E-state index is 0.0194. The molecule has 0 saturated heterocycles. The maximum atomic E-state index is 13.7. The Hall–Kier alpha value is -3.06. The van der Waals surface area contributed by atoms with Crippen molar-refractivity contribution < 1.29 is 13.6 Å². The molecule has 0 spiro atoms. The monoisotopic (exact) mass is 374 g/mol. The molecule has 2 N–H and O–H groups in total. The lowest BCUT2D eigenvalue weighted by molar-refractivity contribution is 0.102. The predicted octanol–water partition coefficient (Wildman–Crippen LogP) is 4.71. The summed E-state index contributed by atoms with van der Waals surface area (Å²) < 4.78 is 26.6. The van der Waals surface area contributed by atoms with Crippen LogP contribution in [0.15, 0.2) is 48.8 Å². The van der Waals surface area contributed by atoms with Crippen molar-refractivity contribution in [2.24, 2.45) is 0 Å². The number of hydrogen-bond acceptors (Lipinski definition) is 4. The summed E-state index contributed by atoms with van der Waals surface area (Å²) in [6.07, 6.45) is 1.21. The van der Waals surface area contributed by atoms with Crippen molar-refractivity contribution in [1.82, 2.24) is 9.97 Å². The van der Waals surface area contributed by atoms with Gasteiger partial charge in [0.05, 0.1) is 5.69 Å². The molecule has 0 aliphatic heterocycles. The first-order valence-electron chi connectivity index (χ1n) is 7.54. The highest BCUT2D eigenvalue weighted by Crippen LogP contribution is 2.25. The van der Waals surface area contributed by atoms with Crippen molar-refractivity contribution in [2.75, 3.05) is 10.6 Å². The topological polar surface area (TPSA) is 66.9 Å². The van der Waals surface area contributed by atoms with Gasteiger partial charge in [0.15, 0.2) is 0 Å². The van der Waals surface area contributed by atoms with Gasteiger partial charge in [-0.25, -0.2) is 18.7 Å². The van der Waals surface area contributed by atoms with Crippen LogP contribution in [-0.2, 0) is 0 Å². The minimum Gasteiger partial charge on any atom is -0.340 e. The SMILES string of the molecule is Cc1c(Cl)cccc1Nc1cc(C(=O)Nc2ccc(F)cc2F)ncn1. The number of benzene rings is 2. The molecule has 0 saturated carbocycles. The van der Waals surface area contributed by atoms with Gasteiger partial charge in [-0.1, -0.05) is 17.7 Å². The molecule has 3 aromatic rings. The average molecular weight is 375 g/mol. The van der Waals surface area contributed by atoms with Crippen LogP contribution in [0.4, 0.5) is 26.0 Å². The first kappa shape index (κ1) is 17.8. The van der Waals surface area contributed by atoms with Gasteiger partial charge in [0, 0.05) is 22.8 Å². The second kappa shape index (κ2) is 7.45. The first-order chi connectivity index (χ1) is 12.4. The van der Waals surface area contributed by atoms with Gasteiger partial charge >= 0.3 is 0 Å². The zero-order chi connectivity index (χ0) is 18.7. The third-order valence-corrected chi connectivity index (χ3v) is 4.02. The van der Waals surface area contributed by atoms with Crippen molar-refractivity contribution in [3.8, 4) is 0 Å². The van der Waals surface area contributed by atoms with Crippen LogP contribution in [0.1, 0.15) is 16.1 Å². The molecule has 1 amide bonds. The van der Waals surface area contributed by atoms with E-state index in [4.69, 9.17) is 11.6 Å². The van der Waals surface area contributed by atoms with Gasteiger partial charge in [-0.2, -0.15) is 0 Å². The van der Waals surface area contributed by atoms with E-state index in [0.29, 0.717) is 16.9 Å². The normalized spacial score (nSPS) is 10.5. The van der Waals surface area contributed by atoms with Crippen LogP contribution in [0, 0.1) is 18.6 Å². The Morgan fingerprint density at radius 1 is 1.08 bits per heavy atom. The third-order valence-electron chi connectivity index (χ3n) is 3.61. The number of aromatic nitrogens is 2. The molecular weight excluding hydrogens is 362 g/mol. The maximum Gasteiger partial charge on any atom is 0.274 e. The number of rotatable bonds is 4. The second-order valence-electron chi connectivity index (χ2n) is 5.40. The molecule has 0 bridgehead atoms. The molecule has 0 fully saturated rings. The Bertz CT molecular complexity index is 981. The first-order valence-corrected chi connectivity index (χ1v) is 7.92. The lowest BCUT2D eigenvalue weighted by Gasteiger charge is -2.11. The molecule has 132 valence electrons. The van der Waals surface area contributed by atoms with Crippen LogP contribution >= 0.6 is 11.6 Å². The zero-order valence-corrected chi connectivity index (χ0v) is 14.3. The van der Waals surface area contributed by atoms with Gasteiger partial charge in [0.25, 0.3) is 5.91 Å². The fourth-order valence-corrected chi connectivity index (χ4v) is 2.38. The van der Waals surface area contributed by atoms with E-state index in [1.165, 1.54) is 12.4 Å². The van der Waals surface area contributed by atoms with E-state index in [1.807, 2.05) is 13.0 Å². The van der Waals surface area contributed by atoms with E-state index in [-0.39, 0.29) is 11.4 Å². The molecule has 8 heteroatoms. The van der Waals surface area contributed by atoms with E-state index >= 15 is 0 Å². The summed E-state index contributed by atoms with van der Waals surface area (Å²) in [6, 6.07) is 9.65. The number of carbonyl (C=O) groups excluding carboxylic acids is 1. The molecular formula is C18H13ClF2N4O. The number of anilines is 3. The van der Waals surface area contributed by atoms with Crippen molar-refractivity contribution in [1.29, 1.82) is 0 Å². The number of halogens is 3. The molecule has 3 rings (SSSR count). The number of hydrogen-bond donors (Lipinski definition) is 2. The van der Waals surface area contributed by atoms with Crippen LogP contribution < -0.4 is 10.6 Å². The summed E-state index contributed by atoms with van der Waals surface area (Å²) >= 11 is 6.08. The second-order valence-corrected chi connectivity index (χ2v) is 5.81. The minimum atomic E-state index is -0.875. The number of carbonyl (C=O) groups is 1. The summed E-state index contributed by atoms with van der Waals surface area (Å²) in [4.78, 5) is 20.2. The maximum absolute atomic E-state index is 13.7. The summed E-state index contributed by atoms with van der Waals surface area (Å²) in [5.41, 5.74) is 1.43. The van der Waals surface area contributed by atoms with Crippen molar-refractivity contribution in [3.63, 3.8) is 0 Å². The fraction of sp³-hybridized carbons (Fsp3) is 0.0556. The van der Waals surface area contributed by atoms with Crippen molar-refractivity contribution >= 4 is 34.7 Å². The van der Waals surface area contributed by atoms with Gasteiger partial charge < -0.3 is 10.6 Å². The van der Waals surface area contributed by atoms with E-state index in [1.54, 1.807) is 12.1 Å². The summed E-state index contributed by atoms with van der Waals surface area (Å²) in [6.45, 7) is 1.84. The van der Waals surface area contributed by atoms with E-state index in [2.05, 4.69) is 20.6 Å². The van der Waals surface area contributed by atoms with E-state index in [9.17, 15) is 13.6 Å². The van der Waals surface area contributed by atoms with Crippen molar-refractivity contribution in [3.05, 3.63) is 76.7 Å². The van der Waals surface area contributed by atoms with Crippen molar-refractivity contribution in [2.45, 2.75) is 6.92 Å². The van der Waals surface area contributed by atoms with E-state index in [0.717, 1.165) is 23.4 Å². The molecule has 2 aromatic carbocycles. The molecule has 26 heavy (non-hydrogen) atoms. The van der Waals surface area contributed by atoms with Crippen LogP contribution in [0.25, 0.3) is 0 Å². The summed E-state index contributed by atoms with van der Waals surface area (Å²) in [5.74, 6) is -1.88. The number of amides is 1. The molecule has 0 aliphatic carbocycles. The average Bonchev–Trinajstić information content (AvgIpc) is 2.61.